The summed E-state index contributed by atoms with van der Waals surface area (Å²) in [5.74, 6) is 2.61. The van der Waals surface area contributed by atoms with Crippen molar-refractivity contribution in [3.63, 3.8) is 0 Å². The van der Waals surface area contributed by atoms with Gasteiger partial charge in [-0.3, -0.25) is 0 Å². The largest absolute Gasteiger partial charge is 0.0942 e. The summed E-state index contributed by atoms with van der Waals surface area (Å²) in [5.41, 5.74) is 0. The molecule has 0 saturated carbocycles. The van der Waals surface area contributed by atoms with Crippen LogP contribution in [0.2, 0.25) is 0 Å². The lowest BCUT2D eigenvalue weighted by Crippen LogP contribution is -2.03. The zero-order chi connectivity index (χ0) is 7.28. The summed E-state index contributed by atoms with van der Waals surface area (Å²) in [4.78, 5) is 0. The monoisotopic (exact) mass is 145 g/mol. The highest BCUT2D eigenvalue weighted by Crippen LogP contribution is 2.15. The molecule has 0 fully saturated rings. The molecule has 9 heavy (non-hydrogen) atoms. The lowest BCUT2D eigenvalue weighted by molar-refractivity contribution is 0.390. The van der Waals surface area contributed by atoms with Crippen LogP contribution in [0.5, 0.6) is 0 Å². The van der Waals surface area contributed by atoms with Crippen molar-refractivity contribution < 1.29 is 0 Å². The molecule has 0 rings (SSSR count). The first-order chi connectivity index (χ1) is 4.18. The number of rotatable bonds is 4. The van der Waals surface area contributed by atoms with Gasteiger partial charge in [0.2, 0.25) is 0 Å². The van der Waals surface area contributed by atoms with Crippen molar-refractivity contribution in [3.05, 3.63) is 0 Å². The zero-order valence-electron chi connectivity index (χ0n) is 6.68. The van der Waals surface area contributed by atoms with E-state index in [1.165, 1.54) is 12.8 Å². The van der Waals surface area contributed by atoms with Crippen molar-refractivity contribution in [2.45, 2.75) is 33.6 Å². The van der Waals surface area contributed by atoms with Crippen molar-refractivity contribution in [1.29, 1.82) is 0 Å². The Labute approximate surface area is 64.4 Å². The molecular formula is C8H17S. The minimum Gasteiger partial charge on any atom is -0.0942 e. The van der Waals surface area contributed by atoms with Gasteiger partial charge in [-0.15, -0.1) is 0 Å². The third kappa shape index (κ3) is 4.83. The van der Waals surface area contributed by atoms with E-state index < -0.39 is 0 Å². The van der Waals surface area contributed by atoms with Crippen molar-refractivity contribution in [3.8, 4) is 0 Å². The first-order valence-corrected chi connectivity index (χ1v) is 4.34. The molecule has 0 N–H and O–H groups in total. The van der Waals surface area contributed by atoms with E-state index >= 15 is 0 Å². The van der Waals surface area contributed by atoms with Crippen LogP contribution in [-0.2, 0) is 0 Å². The van der Waals surface area contributed by atoms with Crippen LogP contribution in [0.3, 0.4) is 0 Å². The van der Waals surface area contributed by atoms with E-state index in [2.05, 4.69) is 20.8 Å². The van der Waals surface area contributed by atoms with Crippen LogP contribution in [0, 0.1) is 11.8 Å². The molecular weight excluding hydrogens is 128 g/mol. The summed E-state index contributed by atoms with van der Waals surface area (Å²) >= 11 is 4.86. The summed E-state index contributed by atoms with van der Waals surface area (Å²) in [6.45, 7) is 6.84. The fraction of sp³-hybridized carbons (Fsp3) is 1.00. The van der Waals surface area contributed by atoms with Gasteiger partial charge in [0.05, 0.1) is 0 Å². The Morgan fingerprint density at radius 1 is 1.22 bits per heavy atom. The standard InChI is InChI=1S/C8H17S/c1-7(2)8(3)5-4-6-9/h7-8H,4-6H2,1-3H3. The molecule has 0 aliphatic rings. The summed E-state index contributed by atoms with van der Waals surface area (Å²) in [7, 11) is 0. The Morgan fingerprint density at radius 3 is 2.11 bits per heavy atom. The minimum absolute atomic E-state index is 0.826. The molecule has 1 heteroatoms. The van der Waals surface area contributed by atoms with E-state index in [1.807, 2.05) is 0 Å². The molecule has 0 aromatic rings. The highest BCUT2D eigenvalue weighted by atomic mass is 32.1. The van der Waals surface area contributed by atoms with Gasteiger partial charge in [0.25, 0.3) is 0 Å². The quantitative estimate of drug-likeness (QED) is 0.569. The maximum absolute atomic E-state index is 4.86. The predicted octanol–water partition coefficient (Wildman–Crippen LogP) is 3.26. The molecule has 0 saturated heterocycles. The van der Waals surface area contributed by atoms with E-state index in [4.69, 9.17) is 12.6 Å². The van der Waals surface area contributed by atoms with Crippen molar-refractivity contribution in [1.82, 2.24) is 0 Å². The van der Waals surface area contributed by atoms with E-state index in [9.17, 15) is 0 Å². The molecule has 0 aliphatic heterocycles. The van der Waals surface area contributed by atoms with E-state index in [-0.39, 0.29) is 0 Å². The molecule has 0 heterocycles. The second-order valence-electron chi connectivity index (χ2n) is 3.07. The lowest BCUT2D eigenvalue weighted by Gasteiger charge is -2.13. The highest BCUT2D eigenvalue weighted by Gasteiger charge is 2.04. The van der Waals surface area contributed by atoms with Crippen LogP contribution in [0.1, 0.15) is 33.6 Å². The maximum atomic E-state index is 4.86. The number of hydrogen-bond acceptors (Lipinski definition) is 0. The molecule has 0 spiro atoms. The molecule has 55 valence electrons. The smallest absolute Gasteiger partial charge is 0.00370 e. The fourth-order valence-electron chi connectivity index (χ4n) is 0.739. The van der Waals surface area contributed by atoms with Crippen LogP contribution in [0.25, 0.3) is 0 Å². The van der Waals surface area contributed by atoms with Crippen LogP contribution in [0.4, 0.5) is 0 Å². The topological polar surface area (TPSA) is 0 Å². The Morgan fingerprint density at radius 2 is 1.78 bits per heavy atom. The van der Waals surface area contributed by atoms with Gasteiger partial charge in [-0.25, -0.2) is 0 Å². The molecule has 0 aliphatic carbocycles. The van der Waals surface area contributed by atoms with Gasteiger partial charge in [0.15, 0.2) is 0 Å². The van der Waals surface area contributed by atoms with Gasteiger partial charge in [0.1, 0.15) is 0 Å². The molecule has 1 radical (unpaired) electrons. The molecule has 0 bridgehead atoms. The normalized spacial score (nSPS) is 14.3. The van der Waals surface area contributed by atoms with Crippen LogP contribution in [-0.4, -0.2) is 5.75 Å². The van der Waals surface area contributed by atoms with E-state index in [1.54, 1.807) is 0 Å². The van der Waals surface area contributed by atoms with Gasteiger partial charge in [-0.05, 0) is 24.7 Å². The molecule has 0 nitrogen and oxygen atoms in total. The third-order valence-corrected chi connectivity index (χ3v) is 2.23. The molecule has 0 amide bonds. The zero-order valence-corrected chi connectivity index (χ0v) is 7.50. The minimum atomic E-state index is 0.826. The van der Waals surface area contributed by atoms with Crippen molar-refractivity contribution in [2.75, 3.05) is 5.75 Å². The third-order valence-electron chi connectivity index (χ3n) is 1.94. The van der Waals surface area contributed by atoms with Crippen LogP contribution in [0.15, 0.2) is 0 Å². The summed E-state index contributed by atoms with van der Waals surface area (Å²) in [6, 6.07) is 0. The Hall–Kier alpha value is 0.350. The summed E-state index contributed by atoms with van der Waals surface area (Å²) < 4.78 is 0. The predicted molar refractivity (Wildman–Crippen MR) is 45.7 cm³/mol. The Bertz CT molecular complexity index is 59.6. The average Bonchev–Trinajstić information content (AvgIpc) is 1.82. The summed E-state index contributed by atoms with van der Waals surface area (Å²) in [5, 5.41) is 0. The van der Waals surface area contributed by atoms with Crippen molar-refractivity contribution >= 4 is 12.6 Å². The van der Waals surface area contributed by atoms with Gasteiger partial charge in [-0.2, -0.15) is 0 Å². The van der Waals surface area contributed by atoms with E-state index in [0.29, 0.717) is 0 Å². The van der Waals surface area contributed by atoms with Gasteiger partial charge >= 0.3 is 0 Å². The van der Waals surface area contributed by atoms with E-state index in [0.717, 1.165) is 17.6 Å². The van der Waals surface area contributed by atoms with Gasteiger partial charge < -0.3 is 0 Å². The number of hydrogen-bond donors (Lipinski definition) is 0. The summed E-state index contributed by atoms with van der Waals surface area (Å²) in [6.07, 6.45) is 2.52. The fourth-order valence-corrected chi connectivity index (χ4v) is 0.905. The lowest BCUT2D eigenvalue weighted by atomic mass is 9.94. The maximum Gasteiger partial charge on any atom is 0.00370 e. The van der Waals surface area contributed by atoms with Gasteiger partial charge in [-0.1, -0.05) is 33.4 Å². The Balaban J connectivity index is 3.16. The average molecular weight is 145 g/mol. The molecule has 1 atom stereocenters. The first kappa shape index (κ1) is 9.35. The second kappa shape index (κ2) is 5.16. The molecule has 1 unspecified atom stereocenters. The Kier molecular flexibility index (Phi) is 5.36. The van der Waals surface area contributed by atoms with Gasteiger partial charge in [0, 0.05) is 5.75 Å². The second-order valence-corrected chi connectivity index (χ2v) is 3.48. The van der Waals surface area contributed by atoms with Crippen LogP contribution < -0.4 is 0 Å². The first-order valence-electron chi connectivity index (χ1n) is 3.76. The van der Waals surface area contributed by atoms with Crippen LogP contribution >= 0.6 is 12.6 Å². The van der Waals surface area contributed by atoms with Crippen molar-refractivity contribution in [2.24, 2.45) is 11.8 Å². The highest BCUT2D eigenvalue weighted by molar-refractivity contribution is 7.80. The molecule has 0 aromatic heterocycles. The SMILES string of the molecule is CC(C)C(C)CCC[S]. The molecule has 0 aromatic carbocycles.